The predicted octanol–water partition coefficient (Wildman–Crippen LogP) is 4.29. The maximum Gasteiger partial charge on any atom is 0.340 e. The smallest absolute Gasteiger partial charge is 0.340 e. The van der Waals surface area contributed by atoms with Crippen LogP contribution in [-0.4, -0.2) is 31.8 Å². The molecule has 1 aromatic heterocycles. The molecule has 0 atom stereocenters. The molecule has 0 unspecified atom stereocenters. The minimum Gasteiger partial charge on any atom is -0.457 e. The summed E-state index contributed by atoms with van der Waals surface area (Å²) in [6.45, 7) is 2.59. The Morgan fingerprint density at radius 3 is 2.59 bits per heavy atom. The lowest BCUT2D eigenvalue weighted by atomic mass is 10.1. The van der Waals surface area contributed by atoms with Gasteiger partial charge in [-0.1, -0.05) is 30.2 Å². The summed E-state index contributed by atoms with van der Waals surface area (Å²) in [6.07, 6.45) is 2.61. The van der Waals surface area contributed by atoms with Gasteiger partial charge >= 0.3 is 11.6 Å². The number of fused-ring (bicyclic) bond motifs is 1. The molecular weight excluding hydrogens is 454 g/mol. The number of ether oxygens (including phenoxy) is 1. The van der Waals surface area contributed by atoms with Crippen molar-refractivity contribution < 1.29 is 22.4 Å². The number of rotatable bonds is 5. The molecule has 0 saturated carbocycles. The summed E-state index contributed by atoms with van der Waals surface area (Å²) < 4.78 is 37.9. The van der Waals surface area contributed by atoms with Crippen LogP contribution >= 0.6 is 11.6 Å². The molecule has 32 heavy (non-hydrogen) atoms. The van der Waals surface area contributed by atoms with E-state index in [2.05, 4.69) is 0 Å². The van der Waals surface area contributed by atoms with E-state index >= 15 is 0 Å². The first-order valence-electron chi connectivity index (χ1n) is 10.3. The highest BCUT2D eigenvalue weighted by Gasteiger charge is 2.27. The molecular formula is C23H22ClNO6S. The minimum atomic E-state index is -3.73. The average molecular weight is 476 g/mol. The van der Waals surface area contributed by atoms with Crippen LogP contribution in [0.2, 0.25) is 5.02 Å². The monoisotopic (exact) mass is 475 g/mol. The molecule has 4 rings (SSSR count). The van der Waals surface area contributed by atoms with E-state index in [-0.39, 0.29) is 22.1 Å². The molecule has 3 aromatic rings. The molecule has 1 fully saturated rings. The number of piperidine rings is 1. The standard InChI is InChI=1S/C23H22ClNO6S/c1-15-5-7-18-16(12-22(26)31-21(18)11-15)14-30-23(27)19-13-17(6-8-20(19)24)32(28,29)25-9-3-2-4-10-25/h5-8,11-13H,2-4,9-10,14H2,1H3. The Morgan fingerprint density at radius 2 is 1.84 bits per heavy atom. The van der Waals surface area contributed by atoms with E-state index in [1.54, 1.807) is 12.1 Å². The van der Waals surface area contributed by atoms with E-state index in [1.165, 1.54) is 28.6 Å². The SMILES string of the molecule is Cc1ccc2c(COC(=O)c3cc(S(=O)(=O)N4CCCCC4)ccc3Cl)cc(=O)oc2c1. The lowest BCUT2D eigenvalue weighted by molar-refractivity contribution is 0.0473. The molecule has 0 amide bonds. The number of carbonyl (C=O) groups excluding carboxylic acids is 1. The van der Waals surface area contributed by atoms with Gasteiger partial charge in [-0.3, -0.25) is 0 Å². The Balaban J connectivity index is 1.59. The van der Waals surface area contributed by atoms with Crippen molar-refractivity contribution in [3.63, 3.8) is 0 Å². The molecule has 0 radical (unpaired) electrons. The summed E-state index contributed by atoms with van der Waals surface area (Å²) in [4.78, 5) is 24.6. The Hall–Kier alpha value is -2.68. The van der Waals surface area contributed by atoms with Crippen molar-refractivity contribution in [3.05, 3.63) is 74.6 Å². The van der Waals surface area contributed by atoms with Crippen molar-refractivity contribution in [1.82, 2.24) is 4.31 Å². The van der Waals surface area contributed by atoms with Crippen LogP contribution in [0.25, 0.3) is 11.0 Å². The van der Waals surface area contributed by atoms with Gasteiger partial charge in [0, 0.05) is 30.1 Å². The second-order valence-corrected chi connectivity index (χ2v) is 10.1. The van der Waals surface area contributed by atoms with Gasteiger partial charge in [0.15, 0.2) is 0 Å². The maximum absolute atomic E-state index is 12.9. The number of hydrogen-bond donors (Lipinski definition) is 0. The summed E-state index contributed by atoms with van der Waals surface area (Å²) in [5.41, 5.74) is 1.21. The number of nitrogens with zero attached hydrogens (tertiary/aromatic N) is 1. The van der Waals surface area contributed by atoms with Crippen molar-refractivity contribution in [3.8, 4) is 0 Å². The van der Waals surface area contributed by atoms with Gasteiger partial charge in [-0.05, 0) is 49.6 Å². The average Bonchev–Trinajstić information content (AvgIpc) is 2.77. The van der Waals surface area contributed by atoms with Gasteiger partial charge < -0.3 is 9.15 Å². The first kappa shape index (κ1) is 22.5. The van der Waals surface area contributed by atoms with E-state index in [4.69, 9.17) is 20.8 Å². The second-order valence-electron chi connectivity index (χ2n) is 7.77. The normalized spacial score (nSPS) is 15.1. The van der Waals surface area contributed by atoms with Crippen molar-refractivity contribution in [2.45, 2.75) is 37.7 Å². The number of aryl methyl sites for hydroxylation is 1. The van der Waals surface area contributed by atoms with Crippen LogP contribution in [0.15, 0.2) is 56.6 Å². The fourth-order valence-corrected chi connectivity index (χ4v) is 5.49. The summed E-state index contributed by atoms with van der Waals surface area (Å²) in [7, 11) is -3.73. The van der Waals surface area contributed by atoms with Crippen LogP contribution in [0, 0.1) is 6.92 Å². The third-order valence-corrected chi connectivity index (χ3v) is 7.68. The van der Waals surface area contributed by atoms with Gasteiger partial charge in [0.2, 0.25) is 10.0 Å². The van der Waals surface area contributed by atoms with Crippen LogP contribution in [0.3, 0.4) is 0 Å². The Labute approximate surface area is 190 Å². The van der Waals surface area contributed by atoms with Crippen LogP contribution in [0.1, 0.15) is 40.7 Å². The third kappa shape index (κ3) is 4.57. The van der Waals surface area contributed by atoms with E-state index in [1.807, 2.05) is 13.0 Å². The fourth-order valence-electron chi connectivity index (χ4n) is 3.75. The zero-order valence-electron chi connectivity index (χ0n) is 17.5. The quantitative estimate of drug-likeness (QED) is 0.403. The Morgan fingerprint density at radius 1 is 1.09 bits per heavy atom. The molecule has 0 bridgehead atoms. The van der Waals surface area contributed by atoms with Crippen LogP contribution < -0.4 is 5.63 Å². The van der Waals surface area contributed by atoms with E-state index < -0.39 is 21.6 Å². The number of halogens is 1. The number of carbonyl (C=O) groups is 1. The summed E-state index contributed by atoms with van der Waals surface area (Å²) in [5.74, 6) is -0.779. The highest BCUT2D eigenvalue weighted by atomic mass is 35.5. The van der Waals surface area contributed by atoms with Crippen LogP contribution in [0.4, 0.5) is 0 Å². The first-order valence-corrected chi connectivity index (χ1v) is 12.1. The van der Waals surface area contributed by atoms with Crippen molar-refractivity contribution in [1.29, 1.82) is 0 Å². The van der Waals surface area contributed by atoms with Crippen molar-refractivity contribution in [2.75, 3.05) is 13.1 Å². The van der Waals surface area contributed by atoms with Crippen LogP contribution in [-0.2, 0) is 21.4 Å². The topological polar surface area (TPSA) is 93.9 Å². The largest absolute Gasteiger partial charge is 0.457 e. The van der Waals surface area contributed by atoms with E-state index in [0.717, 1.165) is 24.8 Å². The van der Waals surface area contributed by atoms with Crippen LogP contribution in [0.5, 0.6) is 0 Å². The molecule has 0 aliphatic carbocycles. The van der Waals surface area contributed by atoms with E-state index in [9.17, 15) is 18.0 Å². The van der Waals surface area contributed by atoms with Gasteiger partial charge in [0.05, 0.1) is 15.5 Å². The lowest BCUT2D eigenvalue weighted by Gasteiger charge is -2.26. The molecule has 168 valence electrons. The summed E-state index contributed by atoms with van der Waals surface area (Å²) in [5, 5.41) is 0.733. The molecule has 1 saturated heterocycles. The second kappa shape index (κ2) is 9.05. The molecule has 0 N–H and O–H groups in total. The molecule has 9 heteroatoms. The zero-order valence-corrected chi connectivity index (χ0v) is 19.0. The number of esters is 1. The predicted molar refractivity (Wildman–Crippen MR) is 120 cm³/mol. The zero-order chi connectivity index (χ0) is 22.9. The molecule has 2 aromatic carbocycles. The maximum atomic E-state index is 12.9. The molecule has 2 heterocycles. The number of sulfonamides is 1. The van der Waals surface area contributed by atoms with Gasteiger partial charge in [-0.25, -0.2) is 18.0 Å². The Kier molecular flexibility index (Phi) is 6.37. The summed E-state index contributed by atoms with van der Waals surface area (Å²) in [6, 6.07) is 10.7. The fraction of sp³-hybridized carbons (Fsp3) is 0.304. The van der Waals surface area contributed by atoms with Gasteiger partial charge in [-0.15, -0.1) is 0 Å². The lowest BCUT2D eigenvalue weighted by Crippen LogP contribution is -2.35. The van der Waals surface area contributed by atoms with Crippen molar-refractivity contribution >= 4 is 38.6 Å². The minimum absolute atomic E-state index is 0.00275. The molecule has 1 aliphatic rings. The Bertz CT molecular complexity index is 1340. The molecule has 1 aliphatic heterocycles. The molecule has 7 nitrogen and oxygen atoms in total. The van der Waals surface area contributed by atoms with Gasteiger partial charge in [0.25, 0.3) is 0 Å². The first-order chi connectivity index (χ1) is 15.3. The third-order valence-electron chi connectivity index (χ3n) is 5.46. The van der Waals surface area contributed by atoms with E-state index in [0.29, 0.717) is 29.6 Å². The highest BCUT2D eigenvalue weighted by molar-refractivity contribution is 7.89. The van der Waals surface area contributed by atoms with Crippen molar-refractivity contribution in [2.24, 2.45) is 0 Å². The molecule has 0 spiro atoms. The number of hydrogen-bond acceptors (Lipinski definition) is 6. The number of benzene rings is 2. The van der Waals surface area contributed by atoms with Gasteiger partial charge in [0.1, 0.15) is 12.2 Å². The summed E-state index contributed by atoms with van der Waals surface area (Å²) >= 11 is 6.17. The van der Waals surface area contributed by atoms with Gasteiger partial charge in [-0.2, -0.15) is 4.31 Å². The highest BCUT2D eigenvalue weighted by Crippen LogP contribution is 2.26.